The van der Waals surface area contributed by atoms with Crippen LogP contribution in [0.4, 0.5) is 13.2 Å². The van der Waals surface area contributed by atoms with E-state index in [1.807, 2.05) is 0 Å². The number of carbonyl (C=O) groups is 1. The van der Waals surface area contributed by atoms with Gasteiger partial charge in [0, 0.05) is 17.2 Å². The number of carboxylic acids is 1. The average molecular weight is 204 g/mol. The highest BCUT2D eigenvalue weighted by molar-refractivity contribution is 5.70. The lowest BCUT2D eigenvalue weighted by Crippen LogP contribution is -2.07. The van der Waals surface area contributed by atoms with Gasteiger partial charge in [0.1, 0.15) is 17.5 Å². The third-order valence-electron chi connectivity index (χ3n) is 1.82. The molecule has 1 rings (SSSR count). The van der Waals surface area contributed by atoms with Gasteiger partial charge in [0.2, 0.25) is 0 Å². The molecule has 0 unspecified atom stereocenters. The molecule has 0 aliphatic heterocycles. The Balaban J connectivity index is 3.29. The Morgan fingerprint density at radius 3 is 2.43 bits per heavy atom. The first-order valence-corrected chi connectivity index (χ1v) is 3.78. The molecule has 1 aromatic carbocycles. The van der Waals surface area contributed by atoms with E-state index >= 15 is 0 Å². The van der Waals surface area contributed by atoms with Crippen molar-refractivity contribution in [3.63, 3.8) is 0 Å². The summed E-state index contributed by atoms with van der Waals surface area (Å²) in [7, 11) is 0. The van der Waals surface area contributed by atoms with Crippen molar-refractivity contribution in [2.45, 2.75) is 13.3 Å². The van der Waals surface area contributed by atoms with Gasteiger partial charge in [-0.25, -0.2) is 13.2 Å². The summed E-state index contributed by atoms with van der Waals surface area (Å²) in [5, 5.41) is 8.35. The molecule has 5 heteroatoms. The summed E-state index contributed by atoms with van der Waals surface area (Å²) in [5.41, 5.74) is -0.987. The summed E-state index contributed by atoms with van der Waals surface area (Å²) < 4.78 is 38.8. The summed E-state index contributed by atoms with van der Waals surface area (Å²) in [5.74, 6) is -4.69. The maximum atomic E-state index is 13.1. The number of rotatable bonds is 2. The molecule has 0 amide bonds. The van der Waals surface area contributed by atoms with E-state index in [2.05, 4.69) is 0 Å². The summed E-state index contributed by atoms with van der Waals surface area (Å²) in [6.07, 6.45) is -0.793. The van der Waals surface area contributed by atoms with Gasteiger partial charge in [-0.3, -0.25) is 4.79 Å². The van der Waals surface area contributed by atoms with Crippen LogP contribution in [0.2, 0.25) is 0 Å². The molecule has 0 aromatic heterocycles. The maximum Gasteiger partial charge on any atom is 0.308 e. The van der Waals surface area contributed by atoms with Crippen molar-refractivity contribution in [1.29, 1.82) is 0 Å². The normalized spacial score (nSPS) is 10.3. The van der Waals surface area contributed by atoms with Crippen LogP contribution >= 0.6 is 0 Å². The van der Waals surface area contributed by atoms with Crippen LogP contribution in [0.3, 0.4) is 0 Å². The van der Waals surface area contributed by atoms with E-state index < -0.39 is 35.4 Å². The molecule has 0 spiro atoms. The first-order chi connectivity index (χ1) is 6.43. The van der Waals surface area contributed by atoms with E-state index in [-0.39, 0.29) is 5.56 Å². The molecule has 0 radical (unpaired) electrons. The monoisotopic (exact) mass is 204 g/mol. The molecule has 1 aromatic rings. The Bertz CT molecular complexity index is 388. The molecule has 0 aliphatic rings. The van der Waals surface area contributed by atoms with Crippen LogP contribution in [-0.2, 0) is 11.2 Å². The molecule has 0 fully saturated rings. The fourth-order valence-corrected chi connectivity index (χ4v) is 1.06. The molecule has 14 heavy (non-hydrogen) atoms. The molecule has 0 aliphatic carbocycles. The minimum Gasteiger partial charge on any atom is -0.481 e. The highest BCUT2D eigenvalue weighted by Crippen LogP contribution is 2.19. The van der Waals surface area contributed by atoms with Crippen LogP contribution < -0.4 is 0 Å². The Morgan fingerprint density at radius 1 is 1.36 bits per heavy atom. The Labute approximate surface area is 78.0 Å². The van der Waals surface area contributed by atoms with Gasteiger partial charge < -0.3 is 5.11 Å². The Hall–Kier alpha value is -1.52. The zero-order chi connectivity index (χ0) is 10.9. The van der Waals surface area contributed by atoms with E-state index in [9.17, 15) is 18.0 Å². The van der Waals surface area contributed by atoms with Gasteiger partial charge in [-0.1, -0.05) is 0 Å². The van der Waals surface area contributed by atoms with E-state index in [1.54, 1.807) is 0 Å². The third kappa shape index (κ3) is 1.86. The van der Waals surface area contributed by atoms with E-state index in [1.165, 1.54) is 0 Å². The SMILES string of the molecule is Cc1c(F)cc(F)c(CC(=O)O)c1F. The summed E-state index contributed by atoms with van der Waals surface area (Å²) in [6, 6.07) is 0.483. The quantitative estimate of drug-likeness (QED) is 0.800. The number of benzene rings is 1. The molecule has 0 atom stereocenters. The maximum absolute atomic E-state index is 13.1. The Kier molecular flexibility index (Phi) is 2.78. The van der Waals surface area contributed by atoms with Crippen molar-refractivity contribution in [3.05, 3.63) is 34.6 Å². The first kappa shape index (κ1) is 10.6. The summed E-state index contributed by atoms with van der Waals surface area (Å²) >= 11 is 0. The van der Waals surface area contributed by atoms with Crippen molar-refractivity contribution in [1.82, 2.24) is 0 Å². The topological polar surface area (TPSA) is 37.3 Å². The van der Waals surface area contributed by atoms with Crippen molar-refractivity contribution >= 4 is 5.97 Å². The summed E-state index contributed by atoms with van der Waals surface area (Å²) in [4.78, 5) is 10.2. The average Bonchev–Trinajstić information content (AvgIpc) is 2.09. The van der Waals surface area contributed by atoms with Crippen LogP contribution in [0, 0.1) is 24.4 Å². The zero-order valence-corrected chi connectivity index (χ0v) is 7.27. The fraction of sp³-hybridized carbons (Fsp3) is 0.222. The highest BCUT2D eigenvalue weighted by atomic mass is 19.1. The fourth-order valence-electron chi connectivity index (χ4n) is 1.06. The number of aliphatic carboxylic acids is 1. The van der Waals surface area contributed by atoms with Crippen molar-refractivity contribution in [3.8, 4) is 0 Å². The van der Waals surface area contributed by atoms with Crippen molar-refractivity contribution in [2.24, 2.45) is 0 Å². The van der Waals surface area contributed by atoms with Crippen LogP contribution in [0.15, 0.2) is 6.07 Å². The predicted octanol–water partition coefficient (Wildman–Crippen LogP) is 2.04. The lowest BCUT2D eigenvalue weighted by molar-refractivity contribution is -0.136. The lowest BCUT2D eigenvalue weighted by atomic mass is 10.1. The van der Waals surface area contributed by atoms with Crippen LogP contribution in [0.1, 0.15) is 11.1 Å². The molecule has 0 saturated heterocycles. The number of halogens is 3. The molecule has 2 nitrogen and oxygen atoms in total. The van der Waals surface area contributed by atoms with E-state index in [0.717, 1.165) is 6.92 Å². The number of carboxylic acid groups (broad SMARTS) is 1. The number of hydrogen-bond acceptors (Lipinski definition) is 1. The molecule has 76 valence electrons. The van der Waals surface area contributed by atoms with E-state index in [4.69, 9.17) is 5.11 Å². The lowest BCUT2D eigenvalue weighted by Gasteiger charge is -2.05. The first-order valence-electron chi connectivity index (χ1n) is 3.78. The summed E-state index contributed by atoms with van der Waals surface area (Å²) in [6.45, 7) is 1.12. The second-order valence-electron chi connectivity index (χ2n) is 2.83. The largest absolute Gasteiger partial charge is 0.481 e. The van der Waals surface area contributed by atoms with Crippen molar-refractivity contribution in [2.75, 3.05) is 0 Å². The van der Waals surface area contributed by atoms with E-state index in [0.29, 0.717) is 6.07 Å². The van der Waals surface area contributed by atoms with Gasteiger partial charge in [-0.15, -0.1) is 0 Å². The highest BCUT2D eigenvalue weighted by Gasteiger charge is 2.17. The second-order valence-corrected chi connectivity index (χ2v) is 2.83. The zero-order valence-electron chi connectivity index (χ0n) is 7.27. The molecular formula is C9H7F3O2. The van der Waals surface area contributed by atoms with Gasteiger partial charge in [-0.2, -0.15) is 0 Å². The standard InChI is InChI=1S/C9H7F3O2/c1-4-6(10)3-7(11)5(9(4)12)2-8(13)14/h3H,2H2,1H3,(H,13,14). The van der Waals surface area contributed by atoms with Crippen LogP contribution in [0.5, 0.6) is 0 Å². The smallest absolute Gasteiger partial charge is 0.308 e. The third-order valence-corrected chi connectivity index (χ3v) is 1.82. The van der Waals surface area contributed by atoms with Gasteiger partial charge in [-0.05, 0) is 6.92 Å². The number of hydrogen-bond donors (Lipinski definition) is 1. The predicted molar refractivity (Wildman–Crippen MR) is 42.4 cm³/mol. The van der Waals surface area contributed by atoms with Crippen LogP contribution in [-0.4, -0.2) is 11.1 Å². The molecule has 0 heterocycles. The molecular weight excluding hydrogens is 197 g/mol. The minimum atomic E-state index is -1.37. The van der Waals surface area contributed by atoms with Gasteiger partial charge in [0.25, 0.3) is 0 Å². The molecule has 1 N–H and O–H groups in total. The van der Waals surface area contributed by atoms with Gasteiger partial charge >= 0.3 is 5.97 Å². The second kappa shape index (κ2) is 3.69. The van der Waals surface area contributed by atoms with Gasteiger partial charge in [0.15, 0.2) is 0 Å². The van der Waals surface area contributed by atoms with Gasteiger partial charge in [0.05, 0.1) is 6.42 Å². The minimum absolute atomic E-state index is 0.373. The Morgan fingerprint density at radius 2 is 1.93 bits per heavy atom. The molecule has 0 saturated carbocycles. The van der Waals surface area contributed by atoms with Crippen LogP contribution in [0.25, 0.3) is 0 Å². The van der Waals surface area contributed by atoms with Crippen molar-refractivity contribution < 1.29 is 23.1 Å². The molecule has 0 bridgehead atoms.